The molecule has 8 nitrogen and oxygen atoms in total. The van der Waals surface area contributed by atoms with Gasteiger partial charge in [-0.05, 0) is 37.5 Å². The van der Waals surface area contributed by atoms with Crippen molar-refractivity contribution in [3.63, 3.8) is 0 Å². The van der Waals surface area contributed by atoms with Gasteiger partial charge in [-0.3, -0.25) is 4.79 Å². The van der Waals surface area contributed by atoms with E-state index in [1.807, 2.05) is 12.1 Å². The summed E-state index contributed by atoms with van der Waals surface area (Å²) in [6.07, 6.45) is 9.41. The van der Waals surface area contributed by atoms with Crippen molar-refractivity contribution in [1.29, 1.82) is 0 Å². The number of aromatic nitrogens is 5. The summed E-state index contributed by atoms with van der Waals surface area (Å²) >= 11 is 5.76. The molecule has 4 rings (SSSR count). The maximum Gasteiger partial charge on any atom is 0.271 e. The average Bonchev–Trinajstić information content (AvgIpc) is 3.12. The van der Waals surface area contributed by atoms with Crippen molar-refractivity contribution < 1.29 is 0 Å². The van der Waals surface area contributed by atoms with E-state index in [2.05, 4.69) is 30.7 Å². The third-order valence-electron chi connectivity index (χ3n) is 4.47. The van der Waals surface area contributed by atoms with Crippen molar-refractivity contribution in [1.82, 2.24) is 24.7 Å². The van der Waals surface area contributed by atoms with E-state index >= 15 is 0 Å². The van der Waals surface area contributed by atoms with Gasteiger partial charge in [-0.2, -0.15) is 9.78 Å². The second kappa shape index (κ2) is 7.71. The van der Waals surface area contributed by atoms with Gasteiger partial charge >= 0.3 is 0 Å². The molecule has 138 valence electrons. The van der Waals surface area contributed by atoms with Crippen molar-refractivity contribution in [3.8, 4) is 5.69 Å². The van der Waals surface area contributed by atoms with Gasteiger partial charge in [0, 0.05) is 24.3 Å². The molecule has 1 fully saturated rings. The van der Waals surface area contributed by atoms with Crippen LogP contribution in [0.2, 0.25) is 5.15 Å². The summed E-state index contributed by atoms with van der Waals surface area (Å²) in [5, 5.41) is 11.3. The minimum atomic E-state index is -0.185. The summed E-state index contributed by atoms with van der Waals surface area (Å²) in [6.45, 7) is 0. The Kier molecular flexibility index (Phi) is 4.97. The van der Waals surface area contributed by atoms with Crippen molar-refractivity contribution >= 4 is 23.2 Å². The van der Waals surface area contributed by atoms with Crippen LogP contribution in [0.25, 0.3) is 5.69 Å². The molecule has 1 saturated carbocycles. The first-order valence-corrected chi connectivity index (χ1v) is 9.06. The van der Waals surface area contributed by atoms with Crippen LogP contribution in [0.3, 0.4) is 0 Å². The van der Waals surface area contributed by atoms with Gasteiger partial charge in [-0.1, -0.05) is 11.6 Å². The van der Waals surface area contributed by atoms with Crippen LogP contribution in [0.15, 0.2) is 53.8 Å². The van der Waals surface area contributed by atoms with Crippen molar-refractivity contribution in [2.45, 2.75) is 31.3 Å². The molecule has 0 spiro atoms. The molecule has 0 amide bonds. The largest absolute Gasteiger partial charge is 0.367 e. The molecule has 0 bridgehead atoms. The minimum Gasteiger partial charge on any atom is -0.367 e. The van der Waals surface area contributed by atoms with Crippen LogP contribution in [-0.4, -0.2) is 36.8 Å². The smallest absolute Gasteiger partial charge is 0.271 e. The van der Waals surface area contributed by atoms with Crippen LogP contribution in [0.5, 0.6) is 0 Å². The van der Waals surface area contributed by atoms with Crippen molar-refractivity contribution in [2.24, 2.45) is 0 Å². The zero-order valence-corrected chi connectivity index (χ0v) is 15.2. The van der Waals surface area contributed by atoms with E-state index in [4.69, 9.17) is 11.6 Å². The van der Waals surface area contributed by atoms with E-state index in [-0.39, 0.29) is 5.56 Å². The number of anilines is 2. The zero-order valence-electron chi connectivity index (χ0n) is 14.4. The lowest BCUT2D eigenvalue weighted by Crippen LogP contribution is -2.22. The van der Waals surface area contributed by atoms with Crippen LogP contribution in [0.4, 0.5) is 11.6 Å². The fraction of sp³-hybridized carbons (Fsp3) is 0.278. The number of nitrogens with one attached hydrogen (secondary N) is 2. The van der Waals surface area contributed by atoms with Gasteiger partial charge in [-0.25, -0.2) is 15.0 Å². The Labute approximate surface area is 160 Å². The average molecular weight is 384 g/mol. The molecule has 0 aliphatic heterocycles. The third kappa shape index (κ3) is 4.22. The molecule has 0 radical (unpaired) electrons. The van der Waals surface area contributed by atoms with Gasteiger partial charge in [0.05, 0.1) is 24.3 Å². The molecule has 9 heteroatoms. The van der Waals surface area contributed by atoms with E-state index in [0.29, 0.717) is 22.9 Å². The second-order valence-electron chi connectivity index (χ2n) is 6.40. The van der Waals surface area contributed by atoms with Crippen LogP contribution < -0.4 is 16.2 Å². The van der Waals surface area contributed by atoms with E-state index in [1.54, 1.807) is 24.7 Å². The normalized spacial score (nSPS) is 19.0. The van der Waals surface area contributed by atoms with Crippen molar-refractivity contribution in [3.05, 3.63) is 64.6 Å². The van der Waals surface area contributed by atoms with Crippen LogP contribution >= 0.6 is 11.6 Å². The Hall–Kier alpha value is -3.00. The Balaban J connectivity index is 1.35. The first kappa shape index (κ1) is 17.4. The molecule has 2 atom stereocenters. The molecular formula is C18H18ClN7O. The summed E-state index contributed by atoms with van der Waals surface area (Å²) in [5.74, 6) is 1.51. The topological polar surface area (TPSA) is 97.6 Å². The second-order valence-corrected chi connectivity index (χ2v) is 6.78. The lowest BCUT2D eigenvalue weighted by atomic mass is 10.2. The molecule has 0 unspecified atom stereocenters. The fourth-order valence-electron chi connectivity index (χ4n) is 3.20. The van der Waals surface area contributed by atoms with Gasteiger partial charge < -0.3 is 10.6 Å². The monoisotopic (exact) mass is 383 g/mol. The summed E-state index contributed by atoms with van der Waals surface area (Å²) in [7, 11) is 0. The van der Waals surface area contributed by atoms with Gasteiger partial charge in [-0.15, -0.1) is 0 Å². The summed E-state index contributed by atoms with van der Waals surface area (Å²) in [4.78, 5) is 24.5. The fourth-order valence-corrected chi connectivity index (χ4v) is 3.30. The highest BCUT2D eigenvalue weighted by molar-refractivity contribution is 6.29. The van der Waals surface area contributed by atoms with Gasteiger partial charge in [0.2, 0.25) is 0 Å². The predicted octanol–water partition coefficient (Wildman–Crippen LogP) is 2.52. The van der Waals surface area contributed by atoms with Crippen LogP contribution in [0, 0.1) is 0 Å². The summed E-state index contributed by atoms with van der Waals surface area (Å²) < 4.78 is 1.32. The van der Waals surface area contributed by atoms with Crippen LogP contribution in [-0.2, 0) is 0 Å². The zero-order chi connectivity index (χ0) is 18.6. The number of hydrogen-bond acceptors (Lipinski definition) is 7. The lowest BCUT2D eigenvalue weighted by molar-refractivity contribution is 0.719. The van der Waals surface area contributed by atoms with Gasteiger partial charge in [0.25, 0.3) is 5.56 Å². The molecule has 0 aromatic carbocycles. The molecule has 0 saturated heterocycles. The highest BCUT2D eigenvalue weighted by Gasteiger charge is 2.25. The molecule has 1 aliphatic rings. The van der Waals surface area contributed by atoms with Crippen LogP contribution in [0.1, 0.15) is 19.3 Å². The number of rotatable bonds is 5. The SMILES string of the molecule is O=c1cccnn1-c1ccc(N[C@H]2CC[C@H](Nc3cnc(Cl)cn3)C2)nc1. The molecule has 3 heterocycles. The van der Waals surface area contributed by atoms with E-state index in [0.717, 1.165) is 30.9 Å². The molecule has 3 aromatic rings. The highest BCUT2D eigenvalue weighted by Crippen LogP contribution is 2.25. The highest BCUT2D eigenvalue weighted by atomic mass is 35.5. The van der Waals surface area contributed by atoms with Crippen molar-refractivity contribution in [2.75, 3.05) is 10.6 Å². The number of hydrogen-bond donors (Lipinski definition) is 2. The van der Waals surface area contributed by atoms with E-state index < -0.39 is 0 Å². The molecule has 2 N–H and O–H groups in total. The number of pyridine rings is 1. The number of nitrogens with zero attached hydrogens (tertiary/aromatic N) is 5. The van der Waals surface area contributed by atoms with E-state index in [1.165, 1.54) is 16.9 Å². The lowest BCUT2D eigenvalue weighted by Gasteiger charge is -2.15. The maximum atomic E-state index is 11.8. The first-order valence-electron chi connectivity index (χ1n) is 8.69. The Morgan fingerprint density at radius 3 is 2.41 bits per heavy atom. The first-order chi connectivity index (χ1) is 13.2. The number of halogens is 1. The molecule has 1 aliphatic carbocycles. The Morgan fingerprint density at radius 1 is 0.963 bits per heavy atom. The van der Waals surface area contributed by atoms with E-state index in [9.17, 15) is 4.79 Å². The maximum absolute atomic E-state index is 11.8. The standard InChI is InChI=1S/C18H18ClN7O/c19-15-10-22-17(11-20-15)25-13-4-3-12(8-13)24-16-6-5-14(9-21-16)26-18(27)2-1-7-23-26/h1-2,5-7,9-13H,3-4,8H2,(H,21,24)(H,22,25)/t12-,13-/m0/s1. The van der Waals surface area contributed by atoms with Gasteiger partial charge in [0.1, 0.15) is 16.8 Å². The molecule has 27 heavy (non-hydrogen) atoms. The quantitative estimate of drug-likeness (QED) is 0.698. The predicted molar refractivity (Wildman–Crippen MR) is 103 cm³/mol. The third-order valence-corrected chi connectivity index (χ3v) is 4.66. The summed E-state index contributed by atoms with van der Waals surface area (Å²) in [5.41, 5.74) is 0.452. The Morgan fingerprint density at radius 2 is 1.74 bits per heavy atom. The minimum absolute atomic E-state index is 0.185. The molecular weight excluding hydrogens is 366 g/mol. The Bertz CT molecular complexity index is 958. The van der Waals surface area contributed by atoms with Gasteiger partial charge in [0.15, 0.2) is 0 Å². The summed E-state index contributed by atoms with van der Waals surface area (Å²) in [6, 6.07) is 7.42. The molecule has 3 aromatic heterocycles.